The van der Waals surface area contributed by atoms with Crippen molar-refractivity contribution < 1.29 is 9.59 Å². The van der Waals surface area contributed by atoms with Crippen molar-refractivity contribution in [2.75, 3.05) is 16.4 Å². The van der Waals surface area contributed by atoms with Crippen molar-refractivity contribution in [3.05, 3.63) is 60.7 Å². The maximum atomic E-state index is 12.3. The molecule has 0 radical (unpaired) electrons. The zero-order chi connectivity index (χ0) is 16.5. The van der Waals surface area contributed by atoms with Crippen LogP contribution in [0.2, 0.25) is 0 Å². The number of carbonyl (C=O) groups excluding carboxylic acids is 2. The summed E-state index contributed by atoms with van der Waals surface area (Å²) in [5, 5.41) is 5.44. The number of rotatable bonds is 7. The molecule has 0 aromatic heterocycles. The van der Waals surface area contributed by atoms with Gasteiger partial charge in [0.15, 0.2) is 0 Å². The normalized spacial score (nSPS) is 11.5. The van der Waals surface area contributed by atoms with E-state index < -0.39 is 0 Å². The maximum Gasteiger partial charge on any atom is 0.237 e. The molecule has 4 nitrogen and oxygen atoms in total. The molecule has 5 heteroatoms. The first-order valence-electron chi connectivity index (χ1n) is 7.51. The van der Waals surface area contributed by atoms with Gasteiger partial charge in [-0.05, 0) is 30.7 Å². The van der Waals surface area contributed by atoms with Crippen molar-refractivity contribution >= 4 is 35.0 Å². The van der Waals surface area contributed by atoms with E-state index in [1.165, 1.54) is 11.8 Å². The van der Waals surface area contributed by atoms with Crippen LogP contribution < -0.4 is 10.6 Å². The Morgan fingerprint density at radius 1 is 0.913 bits per heavy atom. The minimum Gasteiger partial charge on any atom is -0.325 e. The average Bonchev–Trinajstić information content (AvgIpc) is 2.57. The van der Waals surface area contributed by atoms with Crippen molar-refractivity contribution in [1.29, 1.82) is 0 Å². The third-order valence-corrected chi connectivity index (χ3v) is 4.56. The van der Waals surface area contributed by atoms with Gasteiger partial charge in [-0.25, -0.2) is 0 Å². The molecule has 2 amide bonds. The Balaban J connectivity index is 1.82. The molecule has 0 bridgehead atoms. The quantitative estimate of drug-likeness (QED) is 0.813. The van der Waals surface area contributed by atoms with E-state index in [1.54, 1.807) is 0 Å². The molecule has 0 heterocycles. The van der Waals surface area contributed by atoms with Gasteiger partial charge in [0.2, 0.25) is 11.8 Å². The summed E-state index contributed by atoms with van der Waals surface area (Å²) >= 11 is 1.35. The van der Waals surface area contributed by atoms with E-state index in [2.05, 4.69) is 10.6 Å². The van der Waals surface area contributed by atoms with Crippen LogP contribution in [0.4, 0.5) is 11.4 Å². The standard InChI is InChI=1S/C18H20N2O2S/c1-2-16(18(22)20-15-11-7-4-8-12-15)23-13-17(21)19-14-9-5-3-6-10-14/h3-12,16H,2,13H2,1H3,(H,19,21)(H,20,22). The van der Waals surface area contributed by atoms with Crippen LogP contribution in [-0.2, 0) is 9.59 Å². The summed E-state index contributed by atoms with van der Waals surface area (Å²) in [6.45, 7) is 1.94. The zero-order valence-corrected chi connectivity index (χ0v) is 13.8. The van der Waals surface area contributed by atoms with Crippen molar-refractivity contribution in [1.82, 2.24) is 0 Å². The van der Waals surface area contributed by atoms with Crippen LogP contribution in [0.15, 0.2) is 60.7 Å². The molecule has 2 aromatic rings. The first-order chi connectivity index (χ1) is 11.2. The number of hydrogen-bond acceptors (Lipinski definition) is 3. The Kier molecular flexibility index (Phi) is 6.69. The molecule has 0 saturated carbocycles. The Morgan fingerprint density at radius 2 is 1.43 bits per heavy atom. The number of thioether (sulfide) groups is 1. The molecule has 0 aliphatic rings. The van der Waals surface area contributed by atoms with Gasteiger partial charge < -0.3 is 10.6 Å². The predicted molar refractivity (Wildman–Crippen MR) is 96.7 cm³/mol. The van der Waals surface area contributed by atoms with Gasteiger partial charge in [-0.1, -0.05) is 43.3 Å². The van der Waals surface area contributed by atoms with Gasteiger partial charge in [0.1, 0.15) is 0 Å². The second kappa shape index (κ2) is 9.00. The van der Waals surface area contributed by atoms with Crippen LogP contribution in [0, 0.1) is 0 Å². The third-order valence-electron chi connectivity index (χ3n) is 3.18. The molecule has 1 atom stereocenters. The lowest BCUT2D eigenvalue weighted by atomic mass is 10.3. The highest BCUT2D eigenvalue weighted by Crippen LogP contribution is 2.18. The molecule has 23 heavy (non-hydrogen) atoms. The summed E-state index contributed by atoms with van der Waals surface area (Å²) < 4.78 is 0. The van der Waals surface area contributed by atoms with Crippen LogP contribution in [0.3, 0.4) is 0 Å². The highest BCUT2D eigenvalue weighted by molar-refractivity contribution is 8.01. The fourth-order valence-corrected chi connectivity index (χ4v) is 2.89. The maximum absolute atomic E-state index is 12.3. The van der Waals surface area contributed by atoms with Gasteiger partial charge in [0.05, 0.1) is 11.0 Å². The fraction of sp³-hybridized carbons (Fsp3) is 0.222. The Labute approximate surface area is 140 Å². The minimum absolute atomic E-state index is 0.0730. The molecule has 2 aromatic carbocycles. The van der Waals surface area contributed by atoms with E-state index in [0.29, 0.717) is 6.42 Å². The predicted octanol–water partition coefficient (Wildman–Crippen LogP) is 3.78. The van der Waals surface area contributed by atoms with E-state index in [9.17, 15) is 9.59 Å². The average molecular weight is 328 g/mol. The highest BCUT2D eigenvalue weighted by Gasteiger charge is 2.18. The number of hydrogen-bond donors (Lipinski definition) is 2. The third kappa shape index (κ3) is 5.79. The van der Waals surface area contributed by atoms with Gasteiger partial charge in [-0.2, -0.15) is 0 Å². The first-order valence-corrected chi connectivity index (χ1v) is 8.56. The summed E-state index contributed by atoms with van der Waals surface area (Å²) in [4.78, 5) is 24.2. The van der Waals surface area contributed by atoms with Gasteiger partial charge in [-0.3, -0.25) is 9.59 Å². The van der Waals surface area contributed by atoms with Crippen LogP contribution in [0.5, 0.6) is 0 Å². The van der Waals surface area contributed by atoms with Crippen LogP contribution in [-0.4, -0.2) is 22.8 Å². The smallest absolute Gasteiger partial charge is 0.237 e. The monoisotopic (exact) mass is 328 g/mol. The lowest BCUT2D eigenvalue weighted by Gasteiger charge is -2.14. The molecule has 120 valence electrons. The molecule has 1 unspecified atom stereocenters. The molecular weight excluding hydrogens is 308 g/mol. The molecule has 2 rings (SSSR count). The summed E-state index contributed by atoms with van der Waals surface area (Å²) in [7, 11) is 0. The molecule has 0 aliphatic carbocycles. The fourth-order valence-electron chi connectivity index (χ4n) is 2.02. The van der Waals surface area contributed by atoms with Crippen LogP contribution >= 0.6 is 11.8 Å². The molecule has 0 aliphatic heterocycles. The molecule has 2 N–H and O–H groups in total. The summed E-state index contributed by atoms with van der Waals surface area (Å²) in [6.07, 6.45) is 0.669. The van der Waals surface area contributed by atoms with Crippen LogP contribution in [0.1, 0.15) is 13.3 Å². The molecule has 0 saturated heterocycles. The van der Waals surface area contributed by atoms with E-state index in [0.717, 1.165) is 11.4 Å². The zero-order valence-electron chi connectivity index (χ0n) is 13.0. The largest absolute Gasteiger partial charge is 0.325 e. The highest BCUT2D eigenvalue weighted by atomic mass is 32.2. The Morgan fingerprint density at radius 3 is 1.96 bits per heavy atom. The van der Waals surface area contributed by atoms with E-state index >= 15 is 0 Å². The number of benzene rings is 2. The van der Waals surface area contributed by atoms with Crippen molar-refractivity contribution in [3.8, 4) is 0 Å². The van der Waals surface area contributed by atoms with Crippen molar-refractivity contribution in [3.63, 3.8) is 0 Å². The van der Waals surface area contributed by atoms with Gasteiger partial charge in [0.25, 0.3) is 0 Å². The molecule has 0 fully saturated rings. The van der Waals surface area contributed by atoms with Crippen molar-refractivity contribution in [2.45, 2.75) is 18.6 Å². The SMILES string of the molecule is CCC(SCC(=O)Nc1ccccc1)C(=O)Nc1ccccc1. The summed E-state index contributed by atoms with van der Waals surface area (Å²) in [6, 6.07) is 18.6. The van der Waals surface area contributed by atoms with Crippen molar-refractivity contribution in [2.24, 2.45) is 0 Å². The van der Waals surface area contributed by atoms with E-state index in [1.807, 2.05) is 67.6 Å². The van der Waals surface area contributed by atoms with E-state index in [4.69, 9.17) is 0 Å². The van der Waals surface area contributed by atoms with Gasteiger partial charge in [0, 0.05) is 11.4 Å². The second-order valence-electron chi connectivity index (χ2n) is 4.98. The topological polar surface area (TPSA) is 58.2 Å². The molecular formula is C18H20N2O2S. The number of nitrogens with one attached hydrogen (secondary N) is 2. The second-order valence-corrected chi connectivity index (χ2v) is 6.17. The minimum atomic E-state index is -0.253. The summed E-state index contributed by atoms with van der Waals surface area (Å²) in [5.41, 5.74) is 1.53. The first kappa shape index (κ1) is 17.1. The lowest BCUT2D eigenvalue weighted by Crippen LogP contribution is -2.26. The van der Waals surface area contributed by atoms with E-state index in [-0.39, 0.29) is 22.8 Å². The Hall–Kier alpha value is -2.27. The van der Waals surface area contributed by atoms with Gasteiger partial charge >= 0.3 is 0 Å². The lowest BCUT2D eigenvalue weighted by molar-refractivity contribution is -0.115. The van der Waals surface area contributed by atoms with Crippen LogP contribution in [0.25, 0.3) is 0 Å². The number of amides is 2. The van der Waals surface area contributed by atoms with Gasteiger partial charge in [-0.15, -0.1) is 11.8 Å². The Bertz CT molecular complexity index is 632. The summed E-state index contributed by atoms with van der Waals surface area (Å²) in [5.74, 6) is 0.0682. The number of anilines is 2. The number of para-hydroxylation sites is 2. The molecule has 0 spiro atoms. The number of carbonyl (C=O) groups is 2.